The first-order valence-corrected chi connectivity index (χ1v) is 5.67. The molecule has 0 atom stereocenters. The van der Waals surface area contributed by atoms with Crippen LogP contribution in [0.25, 0.3) is 0 Å². The minimum atomic E-state index is 1.10. The molecular formula is C9H14S2. The van der Waals surface area contributed by atoms with Crippen molar-refractivity contribution < 1.29 is 0 Å². The van der Waals surface area contributed by atoms with Crippen molar-refractivity contribution in [3.05, 3.63) is 35.1 Å². The summed E-state index contributed by atoms with van der Waals surface area (Å²) in [5.41, 5.74) is 1.14. The molecular weight excluding hydrogens is 172 g/mol. The van der Waals surface area contributed by atoms with Crippen LogP contribution in [0, 0.1) is 0 Å². The molecule has 0 aliphatic rings. The molecule has 62 valence electrons. The summed E-state index contributed by atoms with van der Waals surface area (Å²) in [5.74, 6) is 1.10. The molecule has 0 aliphatic heterocycles. The molecule has 0 N–H and O–H groups in total. The van der Waals surface area contributed by atoms with E-state index in [0.717, 1.165) is 11.3 Å². The van der Waals surface area contributed by atoms with Crippen molar-refractivity contribution >= 4 is 23.5 Å². The lowest BCUT2D eigenvalue weighted by Gasteiger charge is -2.03. The Hall–Kier alpha value is -0.0800. The Labute approximate surface area is 77.8 Å². The molecule has 2 heteroatoms. The van der Waals surface area contributed by atoms with Gasteiger partial charge >= 0.3 is 0 Å². The smallest absolute Gasteiger partial charge is 0.0470 e. The van der Waals surface area contributed by atoms with Gasteiger partial charge in [0.2, 0.25) is 0 Å². The molecule has 0 unspecified atom stereocenters. The molecule has 0 saturated carbocycles. The number of hydrogen-bond acceptors (Lipinski definition) is 2. The van der Waals surface area contributed by atoms with Crippen molar-refractivity contribution in [1.82, 2.24) is 0 Å². The molecule has 0 fully saturated rings. The summed E-state index contributed by atoms with van der Waals surface area (Å²) in [6, 6.07) is 0. The Morgan fingerprint density at radius 1 is 1.36 bits per heavy atom. The zero-order chi connectivity index (χ0) is 8.69. The van der Waals surface area contributed by atoms with E-state index >= 15 is 0 Å². The fraction of sp³-hybridized carbons (Fsp3) is 0.333. The van der Waals surface area contributed by atoms with Crippen LogP contribution in [0.3, 0.4) is 0 Å². The molecule has 0 aromatic heterocycles. The predicted molar refractivity (Wildman–Crippen MR) is 59.1 cm³/mol. The zero-order valence-electron chi connectivity index (χ0n) is 7.09. The Morgan fingerprint density at radius 3 is 2.18 bits per heavy atom. The fourth-order valence-corrected chi connectivity index (χ4v) is 2.46. The van der Waals surface area contributed by atoms with Gasteiger partial charge in [-0.1, -0.05) is 32.2 Å². The minimum Gasteiger partial charge on any atom is -0.122 e. The maximum absolute atomic E-state index is 3.73. The van der Waals surface area contributed by atoms with Gasteiger partial charge in [0.15, 0.2) is 0 Å². The van der Waals surface area contributed by atoms with Crippen LogP contribution in [-0.4, -0.2) is 12.0 Å². The Bertz CT molecular complexity index is 158. The number of rotatable bonds is 5. The first kappa shape index (κ1) is 10.9. The third-order valence-corrected chi connectivity index (χ3v) is 3.38. The summed E-state index contributed by atoms with van der Waals surface area (Å²) in [5, 5.41) is 0. The number of hydrogen-bond donors (Lipinski definition) is 0. The maximum atomic E-state index is 3.73. The Balaban J connectivity index is 4.46. The molecule has 0 amide bonds. The first-order valence-electron chi connectivity index (χ1n) is 3.46. The van der Waals surface area contributed by atoms with E-state index in [1.165, 1.54) is 4.24 Å². The molecule has 0 radical (unpaired) electrons. The maximum Gasteiger partial charge on any atom is 0.0470 e. The van der Waals surface area contributed by atoms with Crippen molar-refractivity contribution in [2.24, 2.45) is 0 Å². The lowest BCUT2D eigenvalue weighted by molar-refractivity contribution is 1.53. The van der Waals surface area contributed by atoms with Crippen LogP contribution in [0.5, 0.6) is 0 Å². The van der Waals surface area contributed by atoms with Crippen LogP contribution in [0.4, 0.5) is 0 Å². The largest absolute Gasteiger partial charge is 0.122 e. The van der Waals surface area contributed by atoms with E-state index < -0.39 is 0 Å². The average molecular weight is 186 g/mol. The highest BCUT2D eigenvalue weighted by Gasteiger charge is 1.97. The second-order valence-electron chi connectivity index (χ2n) is 1.79. The van der Waals surface area contributed by atoms with Gasteiger partial charge in [-0.25, -0.2) is 0 Å². The highest BCUT2D eigenvalue weighted by atomic mass is 32.2. The topological polar surface area (TPSA) is 0 Å². The molecule has 0 spiro atoms. The molecule has 0 aliphatic carbocycles. The zero-order valence-corrected chi connectivity index (χ0v) is 8.73. The normalized spacial score (nSPS) is 8.91. The van der Waals surface area contributed by atoms with E-state index in [9.17, 15) is 0 Å². The van der Waals surface area contributed by atoms with E-state index in [-0.39, 0.29) is 0 Å². The lowest BCUT2D eigenvalue weighted by atomic mass is 10.3. The van der Waals surface area contributed by atoms with Gasteiger partial charge in [0, 0.05) is 4.24 Å². The van der Waals surface area contributed by atoms with E-state index in [1.807, 2.05) is 23.9 Å². The summed E-state index contributed by atoms with van der Waals surface area (Å²) in [6.07, 6.45) is 5.77. The van der Waals surface area contributed by atoms with Gasteiger partial charge in [-0.3, -0.25) is 0 Å². The van der Waals surface area contributed by atoms with Crippen molar-refractivity contribution in [3.63, 3.8) is 0 Å². The van der Waals surface area contributed by atoms with E-state index in [4.69, 9.17) is 0 Å². The van der Waals surface area contributed by atoms with Crippen molar-refractivity contribution in [2.45, 2.75) is 6.92 Å². The summed E-state index contributed by atoms with van der Waals surface area (Å²) < 4.78 is 1.30. The molecule has 0 aromatic rings. The predicted octanol–water partition coefficient (Wildman–Crippen LogP) is 3.69. The standard InChI is InChI=1S/C9H14S2/c1-5-8(6-2)9(10-4)11-7-3/h5-6H,1-2,7H2,3-4H3. The Kier molecular flexibility index (Phi) is 6.57. The SMILES string of the molecule is C=CC(C=C)=C(SC)SCC. The van der Waals surface area contributed by atoms with Gasteiger partial charge in [-0.15, -0.1) is 23.5 Å². The van der Waals surface area contributed by atoms with Gasteiger partial charge in [0.25, 0.3) is 0 Å². The van der Waals surface area contributed by atoms with Crippen molar-refractivity contribution in [2.75, 3.05) is 12.0 Å². The second kappa shape index (κ2) is 6.62. The third kappa shape index (κ3) is 3.73. The van der Waals surface area contributed by atoms with Crippen molar-refractivity contribution in [3.8, 4) is 0 Å². The van der Waals surface area contributed by atoms with Crippen LogP contribution in [0.2, 0.25) is 0 Å². The molecule has 11 heavy (non-hydrogen) atoms. The van der Waals surface area contributed by atoms with Crippen LogP contribution in [-0.2, 0) is 0 Å². The average Bonchev–Trinajstić information content (AvgIpc) is 2.05. The fourth-order valence-electron chi connectivity index (χ4n) is 0.641. The Morgan fingerprint density at radius 2 is 1.91 bits per heavy atom. The van der Waals surface area contributed by atoms with Crippen molar-refractivity contribution in [1.29, 1.82) is 0 Å². The summed E-state index contributed by atoms with van der Waals surface area (Å²) in [7, 11) is 0. The number of allylic oxidation sites excluding steroid dienone is 3. The summed E-state index contributed by atoms with van der Waals surface area (Å²) in [4.78, 5) is 0. The van der Waals surface area contributed by atoms with Gasteiger partial charge in [0.1, 0.15) is 0 Å². The first-order chi connectivity index (χ1) is 5.29. The quantitative estimate of drug-likeness (QED) is 0.601. The molecule has 0 heterocycles. The third-order valence-electron chi connectivity index (χ3n) is 1.14. The molecule has 0 nitrogen and oxygen atoms in total. The molecule has 0 bridgehead atoms. The lowest BCUT2D eigenvalue weighted by Crippen LogP contribution is -1.77. The van der Waals surface area contributed by atoms with Gasteiger partial charge in [-0.2, -0.15) is 0 Å². The van der Waals surface area contributed by atoms with Crippen LogP contribution in [0.1, 0.15) is 6.92 Å². The molecule has 0 rings (SSSR count). The van der Waals surface area contributed by atoms with E-state index in [1.54, 1.807) is 11.8 Å². The highest BCUT2D eigenvalue weighted by Crippen LogP contribution is 2.30. The van der Waals surface area contributed by atoms with Crippen LogP contribution in [0.15, 0.2) is 35.1 Å². The molecule has 0 aromatic carbocycles. The monoisotopic (exact) mass is 186 g/mol. The number of thioether (sulfide) groups is 2. The highest BCUT2D eigenvalue weighted by molar-refractivity contribution is 8.22. The summed E-state index contributed by atoms with van der Waals surface area (Å²) >= 11 is 3.59. The van der Waals surface area contributed by atoms with E-state index in [2.05, 4.69) is 26.3 Å². The van der Waals surface area contributed by atoms with E-state index in [0.29, 0.717) is 0 Å². The van der Waals surface area contributed by atoms with Crippen LogP contribution >= 0.6 is 23.5 Å². The van der Waals surface area contributed by atoms with Gasteiger partial charge in [0.05, 0.1) is 0 Å². The minimum absolute atomic E-state index is 1.10. The van der Waals surface area contributed by atoms with Gasteiger partial charge < -0.3 is 0 Å². The van der Waals surface area contributed by atoms with Gasteiger partial charge in [-0.05, 0) is 17.6 Å². The summed E-state index contributed by atoms with van der Waals surface area (Å²) in [6.45, 7) is 9.60. The second-order valence-corrected chi connectivity index (χ2v) is 4.14. The van der Waals surface area contributed by atoms with Crippen LogP contribution < -0.4 is 0 Å². The molecule has 0 saturated heterocycles.